The predicted octanol–water partition coefficient (Wildman–Crippen LogP) is 15.2. The highest BCUT2D eigenvalue weighted by atomic mass is 16.3. The summed E-state index contributed by atoms with van der Waals surface area (Å²) in [7, 11) is 0. The summed E-state index contributed by atoms with van der Waals surface area (Å²) < 4.78 is 0. The average Bonchev–Trinajstić information content (AvgIpc) is 3.34. The van der Waals surface area contributed by atoms with E-state index in [1.165, 1.54) is 0 Å². The smallest absolute Gasteiger partial charge is 0.259 e. The normalized spacial score (nSPS) is 11.9. The Hall–Kier alpha value is -8.76. The number of para-hydroxylation sites is 2. The number of azo groups is 2. The molecule has 328 valence electrons. The summed E-state index contributed by atoms with van der Waals surface area (Å²) in [4.78, 5) is 26.9. The molecule has 9 aromatic carbocycles. The lowest BCUT2D eigenvalue weighted by atomic mass is 9.80. The molecule has 0 aromatic heterocycles. The fourth-order valence-electron chi connectivity index (χ4n) is 8.49. The van der Waals surface area contributed by atoms with Gasteiger partial charge in [0.15, 0.2) is 11.5 Å². The van der Waals surface area contributed by atoms with E-state index in [9.17, 15) is 19.8 Å². The zero-order valence-electron chi connectivity index (χ0n) is 37.3. The van der Waals surface area contributed by atoms with Crippen LogP contribution in [0.4, 0.5) is 34.1 Å². The fourth-order valence-corrected chi connectivity index (χ4v) is 8.49. The molecule has 0 unspecified atom stereocenters. The Labute approximate surface area is 388 Å². The molecule has 9 rings (SSSR count). The summed E-state index contributed by atoms with van der Waals surface area (Å²) >= 11 is 0. The summed E-state index contributed by atoms with van der Waals surface area (Å²) in [6, 6.07) is 55.0. The molecule has 0 atom stereocenters. The number of aryl methyl sites for hydroxylation is 4. The zero-order valence-corrected chi connectivity index (χ0v) is 37.3. The van der Waals surface area contributed by atoms with Crippen molar-refractivity contribution in [3.8, 4) is 11.5 Å². The maximum atomic E-state index is 13.5. The molecule has 0 spiro atoms. The van der Waals surface area contributed by atoms with E-state index in [1.54, 1.807) is 36.4 Å². The zero-order chi connectivity index (χ0) is 46.6. The minimum Gasteiger partial charge on any atom is -0.505 e. The van der Waals surface area contributed by atoms with Gasteiger partial charge in [-0.1, -0.05) is 127 Å². The second-order valence-electron chi connectivity index (χ2n) is 16.6. The van der Waals surface area contributed by atoms with Gasteiger partial charge in [0.25, 0.3) is 11.8 Å². The van der Waals surface area contributed by atoms with Crippen LogP contribution in [0.5, 0.6) is 11.5 Å². The highest BCUT2D eigenvalue weighted by Crippen LogP contribution is 2.44. The van der Waals surface area contributed by atoms with E-state index in [2.05, 4.69) is 59.0 Å². The number of carbonyl (C=O) groups is 2. The number of nitrogens with one attached hydrogen (secondary N) is 2. The molecular formula is C57H46N6O4. The van der Waals surface area contributed by atoms with Crippen molar-refractivity contribution >= 4 is 67.5 Å². The lowest BCUT2D eigenvalue weighted by Gasteiger charge is -2.24. The number of amides is 2. The minimum absolute atomic E-state index is 0.0908. The minimum atomic E-state index is -0.459. The van der Waals surface area contributed by atoms with Crippen molar-refractivity contribution in [2.75, 3.05) is 10.6 Å². The monoisotopic (exact) mass is 878 g/mol. The molecule has 9 aromatic rings. The summed E-state index contributed by atoms with van der Waals surface area (Å²) in [6.45, 7) is 8.09. The van der Waals surface area contributed by atoms with Gasteiger partial charge >= 0.3 is 0 Å². The Bertz CT molecular complexity index is 3200. The molecule has 0 aliphatic heterocycles. The number of anilines is 2. The number of rotatable bonds is 11. The van der Waals surface area contributed by atoms with Crippen molar-refractivity contribution in [2.24, 2.45) is 20.5 Å². The number of aromatic hydroxyl groups is 2. The lowest BCUT2D eigenvalue weighted by molar-refractivity contribution is 0.101. The first-order chi connectivity index (χ1) is 32.5. The number of nitrogens with zero attached hydrogens (tertiary/aromatic N) is 4. The van der Waals surface area contributed by atoms with Gasteiger partial charge in [0.05, 0.1) is 22.5 Å². The number of phenolic OH excluding ortho intramolecular Hbond substituents is 2. The van der Waals surface area contributed by atoms with E-state index in [4.69, 9.17) is 10.2 Å². The van der Waals surface area contributed by atoms with Gasteiger partial charge in [-0.3, -0.25) is 9.59 Å². The third-order valence-corrected chi connectivity index (χ3v) is 12.0. The van der Waals surface area contributed by atoms with Crippen LogP contribution >= 0.6 is 0 Å². The van der Waals surface area contributed by atoms with Gasteiger partial charge in [-0.15, -0.1) is 10.2 Å². The van der Waals surface area contributed by atoms with E-state index in [0.29, 0.717) is 33.5 Å². The summed E-state index contributed by atoms with van der Waals surface area (Å²) in [6.07, 6.45) is 0. The Morgan fingerprint density at radius 2 is 0.806 bits per heavy atom. The molecule has 0 aliphatic carbocycles. The molecule has 4 N–H and O–H groups in total. The van der Waals surface area contributed by atoms with Crippen LogP contribution in [-0.4, -0.2) is 22.0 Å². The first-order valence-electron chi connectivity index (χ1n) is 21.9. The summed E-state index contributed by atoms with van der Waals surface area (Å²) in [5.41, 5.74) is 10.0. The van der Waals surface area contributed by atoms with Gasteiger partial charge in [-0.2, -0.15) is 10.2 Å². The molecule has 0 saturated carbocycles. The van der Waals surface area contributed by atoms with E-state index in [-0.39, 0.29) is 39.9 Å². The molecule has 0 radical (unpaired) electrons. The van der Waals surface area contributed by atoms with Crippen LogP contribution in [0.3, 0.4) is 0 Å². The molecule has 2 amide bonds. The molecule has 67 heavy (non-hydrogen) atoms. The second kappa shape index (κ2) is 18.8. The maximum Gasteiger partial charge on any atom is 0.259 e. The van der Waals surface area contributed by atoms with Gasteiger partial charge in [0, 0.05) is 28.1 Å². The largest absolute Gasteiger partial charge is 0.505 e. The van der Waals surface area contributed by atoms with Crippen molar-refractivity contribution in [1.29, 1.82) is 0 Å². The first-order valence-corrected chi connectivity index (χ1v) is 21.9. The summed E-state index contributed by atoms with van der Waals surface area (Å²) in [5.74, 6) is -1.61. The average molecular weight is 879 g/mol. The van der Waals surface area contributed by atoms with Crippen molar-refractivity contribution in [1.82, 2.24) is 0 Å². The van der Waals surface area contributed by atoms with Crippen LogP contribution in [-0.2, 0) is 0 Å². The van der Waals surface area contributed by atoms with Crippen molar-refractivity contribution in [3.05, 3.63) is 226 Å². The molecule has 0 bridgehead atoms. The van der Waals surface area contributed by atoms with Crippen LogP contribution in [0.1, 0.15) is 65.6 Å². The molecular weight excluding hydrogens is 833 g/mol. The van der Waals surface area contributed by atoms with E-state index in [0.717, 1.165) is 49.7 Å². The predicted molar refractivity (Wildman–Crippen MR) is 268 cm³/mol. The Balaban J connectivity index is 1.06. The third-order valence-electron chi connectivity index (χ3n) is 12.0. The molecule has 0 aliphatic rings. The van der Waals surface area contributed by atoms with Crippen LogP contribution in [0.25, 0.3) is 21.5 Å². The van der Waals surface area contributed by atoms with Gasteiger partial charge in [-0.05, 0) is 126 Å². The van der Waals surface area contributed by atoms with Crippen molar-refractivity contribution in [3.63, 3.8) is 0 Å². The topological polar surface area (TPSA) is 148 Å². The first kappa shape index (κ1) is 43.5. The molecule has 0 heterocycles. The van der Waals surface area contributed by atoms with Gasteiger partial charge < -0.3 is 20.8 Å². The second-order valence-corrected chi connectivity index (χ2v) is 16.6. The maximum absolute atomic E-state index is 13.5. The highest BCUT2D eigenvalue weighted by Gasteiger charge is 2.24. The number of benzene rings is 9. The van der Waals surface area contributed by atoms with E-state index >= 15 is 0 Å². The third kappa shape index (κ3) is 9.01. The van der Waals surface area contributed by atoms with Crippen molar-refractivity contribution < 1.29 is 19.8 Å². The molecule has 0 fully saturated rings. The quantitative estimate of drug-likeness (QED) is 0.0756. The number of carbonyl (C=O) groups excluding carboxylic acids is 2. The SMILES string of the molecule is Cc1cc(C(c2ccccc2)c2cc(C)c(N=Nc3c(O)c(C(=O)Nc4ccccc4)cc4ccccc34)cc2C)c(C)cc1N=Nc1c(O)c(C(=O)Nc2ccccc2)cc2ccccc12. The van der Waals surface area contributed by atoms with Gasteiger partial charge in [-0.25, -0.2) is 0 Å². The van der Waals surface area contributed by atoms with E-state index in [1.807, 2.05) is 129 Å². The van der Waals surface area contributed by atoms with E-state index < -0.39 is 11.8 Å². The molecule has 10 heteroatoms. The Morgan fingerprint density at radius 1 is 0.433 bits per heavy atom. The lowest BCUT2D eigenvalue weighted by Crippen LogP contribution is -2.12. The van der Waals surface area contributed by atoms with Crippen LogP contribution < -0.4 is 10.6 Å². The fraction of sp³-hybridized carbons (Fsp3) is 0.0877. The van der Waals surface area contributed by atoms with Crippen LogP contribution in [0.15, 0.2) is 196 Å². The van der Waals surface area contributed by atoms with Crippen LogP contribution in [0, 0.1) is 27.7 Å². The number of hydrogen-bond acceptors (Lipinski definition) is 8. The number of fused-ring (bicyclic) bond motifs is 2. The number of phenols is 2. The Morgan fingerprint density at radius 3 is 1.22 bits per heavy atom. The molecule has 0 saturated heterocycles. The standard InChI is InChI=1S/C57H46N6O4/c1-34-30-49(60-62-52-43-26-16-14-20-39(43)32-47(54(52)64)56(66)58-41-22-10-6-11-23-41)36(3)28-45(34)51(38-18-8-5-9-19-38)46-29-37(4)50(31-35(46)2)61-63-53-44-27-17-15-21-40(44)33-48(55(53)65)57(67)59-42-24-12-7-13-25-42/h5-33,51,64-65H,1-4H3,(H,58,66)(H,59,67). The van der Waals surface area contributed by atoms with Gasteiger partial charge in [0.2, 0.25) is 0 Å². The van der Waals surface area contributed by atoms with Gasteiger partial charge in [0.1, 0.15) is 11.4 Å². The number of hydrogen-bond donors (Lipinski definition) is 4. The summed E-state index contributed by atoms with van der Waals surface area (Å²) in [5, 5.41) is 50.2. The highest BCUT2D eigenvalue weighted by molar-refractivity contribution is 6.13. The molecule has 10 nitrogen and oxygen atoms in total. The Kier molecular flexibility index (Phi) is 12.2. The van der Waals surface area contributed by atoms with Crippen molar-refractivity contribution in [2.45, 2.75) is 33.6 Å². The van der Waals surface area contributed by atoms with Crippen LogP contribution in [0.2, 0.25) is 0 Å².